The van der Waals surface area contributed by atoms with Crippen LogP contribution in [0.2, 0.25) is 0 Å². The Balaban J connectivity index is 0.000000130. The van der Waals surface area contributed by atoms with Gasteiger partial charge in [0.1, 0.15) is 28.6 Å². The van der Waals surface area contributed by atoms with Gasteiger partial charge >= 0.3 is 0 Å². The molecule has 19 rings (SSSR count). The maximum atomic E-state index is 5.12. The van der Waals surface area contributed by atoms with E-state index in [9.17, 15) is 0 Å². The molecule has 14 aromatic heterocycles. The van der Waals surface area contributed by atoms with Crippen LogP contribution in [0.1, 0.15) is 0 Å². The third-order valence-corrected chi connectivity index (χ3v) is 32.6. The highest BCUT2D eigenvalue weighted by Gasteiger charge is 2.51. The maximum absolute atomic E-state index is 5.12. The van der Waals surface area contributed by atoms with Crippen molar-refractivity contribution >= 4 is 87.9 Å². The van der Waals surface area contributed by atoms with Crippen LogP contribution in [0.4, 0.5) is 0 Å². The van der Waals surface area contributed by atoms with E-state index in [0.717, 1.165) is 82.7 Å². The number of hydrogen-bond acceptors (Lipinski definition) is 21. The minimum absolute atomic E-state index is 0.594. The quantitative estimate of drug-likeness (QED) is 0.0545. The normalized spacial score (nSPS) is 12.1. The number of pyridine rings is 7. The molecule has 0 spiro atoms. The maximum Gasteiger partial charge on any atom is 0.290 e. The second-order valence-corrected chi connectivity index (χ2v) is 37.4. The van der Waals surface area contributed by atoms with E-state index in [1.165, 1.54) is 21.9 Å². The molecule has 0 radical (unpaired) electrons. The first-order valence-electron chi connectivity index (χ1n) is 37.5. The molecule has 0 aliphatic rings. The molecule has 0 amide bonds. The molecule has 0 aliphatic heterocycles. The van der Waals surface area contributed by atoms with E-state index >= 15 is 0 Å². The first-order chi connectivity index (χ1) is 58.0. The van der Waals surface area contributed by atoms with Crippen LogP contribution in [0.15, 0.2) is 409 Å². The molecule has 19 aromatic rings. The summed E-state index contributed by atoms with van der Waals surface area (Å²) in [6.07, 6.45) is 37.3. The van der Waals surface area contributed by atoms with Crippen LogP contribution >= 0.6 is 0 Å². The van der Waals surface area contributed by atoms with Gasteiger partial charge in [-0.3, -0.25) is 64.8 Å². The van der Waals surface area contributed by atoms with Crippen LogP contribution < -0.4 is 63.7 Å². The van der Waals surface area contributed by atoms with Crippen molar-refractivity contribution in [2.75, 3.05) is 0 Å². The Bertz CT molecular complexity index is 5780. The zero-order valence-corrected chi connectivity index (χ0v) is 65.6. The van der Waals surface area contributed by atoms with E-state index in [4.69, 9.17) is 69.9 Å². The van der Waals surface area contributed by atoms with E-state index < -0.39 is 24.2 Å². The Kier molecular flexibility index (Phi) is 22.1. The fourth-order valence-corrected chi connectivity index (χ4v) is 26.1. The summed E-state index contributed by atoms with van der Waals surface area (Å²) in [5.74, 6) is 0. The Morgan fingerprint density at radius 2 is 0.581 bits per heavy atom. The van der Waals surface area contributed by atoms with Crippen LogP contribution in [-0.2, 0) is 0 Å². The molecule has 0 saturated carbocycles. The highest BCUT2D eigenvalue weighted by atomic mass is 28.3. The topological polar surface area (TPSA) is 271 Å². The molecule has 24 heteroatoms. The van der Waals surface area contributed by atoms with E-state index in [2.05, 4.69) is 144 Å². The van der Waals surface area contributed by atoms with Gasteiger partial charge in [0.15, 0.2) is 0 Å². The van der Waals surface area contributed by atoms with Gasteiger partial charge in [0.25, 0.3) is 16.1 Å². The van der Waals surface area contributed by atoms with Gasteiger partial charge in [-0.25, -0.2) is 29.9 Å². The minimum Gasteiger partial charge on any atom is -0.265 e. The van der Waals surface area contributed by atoms with Crippen LogP contribution in [0.25, 0.3) is 78.8 Å². The molecule has 117 heavy (non-hydrogen) atoms. The van der Waals surface area contributed by atoms with Crippen molar-refractivity contribution in [3.8, 4) is 78.8 Å². The Labute approximate surface area is 676 Å². The number of nitrogens with zero attached hydrogens (tertiary/aromatic N) is 21. The first kappa shape index (κ1) is 74.1. The van der Waals surface area contributed by atoms with Gasteiger partial charge < -0.3 is 0 Å². The second-order valence-electron chi connectivity index (χ2n) is 26.7. The zero-order valence-electron chi connectivity index (χ0n) is 62.6. The Morgan fingerprint density at radius 3 is 1.07 bits per heavy atom. The standard InChI is InChI=1S/C38H26N10Si.C28H22N2Si.C27H19N9Si/c1-2-7-27(8-3-1)33-22-46-37(24-42-33)49(35-13-11-29(20-44-35)28-9-6-16-39-19-28,36-14-12-30(21-45-36)31-10-4-5-17-41-31)38-25-43-34(23-47-38)32-15-18-40-26-48-32;1-5-13-23(14-6-1)24-21-29-28(30-22-24)31(25-15-7-2-8-16-25,26-17-9-3-10-18-26)27-19-11-4-12-20-27;1-3-13-29-21(8-1)22-10-11-25(36-35-22)37(24-9-2-4-14-30-24,27-31-15-6-16-32-27)26-19-33-23(18-34-26)20-7-5-12-28-17-20/h1-26H;1-22H;1-19H. The third kappa shape index (κ3) is 15.5. The summed E-state index contributed by atoms with van der Waals surface area (Å²) >= 11 is 0. The molecule has 2 atom stereocenters. The number of benzene rings is 5. The average Bonchev–Trinajstić information content (AvgIpc) is 0.728. The van der Waals surface area contributed by atoms with Gasteiger partial charge in [-0.05, 0) is 118 Å². The van der Waals surface area contributed by atoms with E-state index in [-0.39, 0.29) is 0 Å². The molecule has 0 fully saturated rings. The van der Waals surface area contributed by atoms with Crippen molar-refractivity contribution in [1.29, 1.82) is 0 Å². The highest BCUT2D eigenvalue weighted by Crippen LogP contribution is 2.23. The largest absolute Gasteiger partial charge is 0.290 e. The van der Waals surface area contributed by atoms with E-state index in [1.54, 1.807) is 98.9 Å². The number of rotatable bonds is 19. The van der Waals surface area contributed by atoms with Crippen LogP contribution in [0, 0.1) is 0 Å². The third-order valence-electron chi connectivity index (χ3n) is 19.9. The summed E-state index contributed by atoms with van der Waals surface area (Å²) in [5.41, 5.74) is 13.3. The minimum atomic E-state index is -3.43. The average molecular weight is 1560 g/mol. The van der Waals surface area contributed by atoms with E-state index in [0.29, 0.717) is 44.2 Å². The van der Waals surface area contributed by atoms with Crippen LogP contribution in [0.3, 0.4) is 0 Å². The molecule has 14 heterocycles. The molecular formula is C93H67N21Si3. The van der Waals surface area contributed by atoms with Gasteiger partial charge in [0.05, 0.1) is 68.3 Å². The molecule has 2 unspecified atom stereocenters. The van der Waals surface area contributed by atoms with Gasteiger partial charge in [0.2, 0.25) is 8.07 Å². The summed E-state index contributed by atoms with van der Waals surface area (Å²) in [5, 5.41) is 18.2. The van der Waals surface area contributed by atoms with Crippen LogP contribution in [0.5, 0.6) is 0 Å². The summed E-state index contributed by atoms with van der Waals surface area (Å²) < 4.78 is 0. The molecule has 556 valence electrons. The second kappa shape index (κ2) is 35.0. The molecule has 21 nitrogen and oxygen atoms in total. The first-order valence-corrected chi connectivity index (χ1v) is 43.5. The van der Waals surface area contributed by atoms with Crippen molar-refractivity contribution in [3.05, 3.63) is 409 Å². The molecule has 0 N–H and O–H groups in total. The summed E-state index contributed by atoms with van der Waals surface area (Å²) in [6.45, 7) is 0. The zero-order chi connectivity index (χ0) is 78.7. The van der Waals surface area contributed by atoms with Gasteiger partial charge in [-0.1, -0.05) is 182 Å². The summed E-state index contributed by atoms with van der Waals surface area (Å²) in [7, 11) is -9.34. The van der Waals surface area contributed by atoms with Gasteiger partial charge in [-0.2, -0.15) is 5.10 Å². The van der Waals surface area contributed by atoms with Crippen molar-refractivity contribution in [1.82, 2.24) is 105 Å². The number of aromatic nitrogens is 21. The SMILES string of the molecule is c1ccc(-c2ccc([Si](c3ccccn3)(c3cnc(-c4cccnc4)cn3)c3ncccn3)nn2)nc1.c1ccc(-c2cnc([Si](c3ccc(-c4cccnc4)cn3)(c3ccc(-c4ccccn4)cn3)c3cnc(-c4ccncn4)cn3)cn2)cc1.c1ccc(-c2cnc([Si](c3ccccc3)(c3ccccc3)c3ccccc3)nc2)cc1. The predicted molar refractivity (Wildman–Crippen MR) is 462 cm³/mol. The lowest BCUT2D eigenvalue weighted by atomic mass is 10.1. The Hall–Kier alpha value is -15.6. The lowest BCUT2D eigenvalue weighted by Gasteiger charge is -2.32. The molecular weight excluding hydrogens is 1500 g/mol. The van der Waals surface area contributed by atoms with Crippen molar-refractivity contribution < 1.29 is 0 Å². The summed E-state index contributed by atoms with van der Waals surface area (Å²) in [4.78, 5) is 89.8. The van der Waals surface area contributed by atoms with Crippen molar-refractivity contribution in [3.63, 3.8) is 0 Å². The van der Waals surface area contributed by atoms with Gasteiger partial charge in [-0.15, -0.1) is 5.10 Å². The predicted octanol–water partition coefficient (Wildman–Crippen LogP) is 8.16. The molecule has 5 aromatic carbocycles. The van der Waals surface area contributed by atoms with E-state index in [1.807, 2.05) is 195 Å². The fourth-order valence-electron chi connectivity index (χ4n) is 14.2. The van der Waals surface area contributed by atoms with Crippen molar-refractivity contribution in [2.24, 2.45) is 0 Å². The van der Waals surface area contributed by atoms with Crippen LogP contribution in [-0.4, -0.2) is 129 Å². The molecule has 0 aliphatic carbocycles. The van der Waals surface area contributed by atoms with Gasteiger partial charge in [0, 0.05) is 155 Å². The number of hydrogen-bond donors (Lipinski definition) is 0. The molecule has 0 saturated heterocycles. The highest BCUT2D eigenvalue weighted by molar-refractivity contribution is 7.20. The monoisotopic (exact) mass is 1560 g/mol. The smallest absolute Gasteiger partial charge is 0.265 e. The lowest BCUT2D eigenvalue weighted by Crippen LogP contribution is -2.78. The Morgan fingerprint density at radius 1 is 0.154 bits per heavy atom. The fraction of sp³-hybridized carbons (Fsp3) is 0. The summed E-state index contributed by atoms with van der Waals surface area (Å²) in [6, 6.07) is 93.1. The van der Waals surface area contributed by atoms with Crippen molar-refractivity contribution in [2.45, 2.75) is 0 Å². The lowest BCUT2D eigenvalue weighted by molar-refractivity contribution is 1.05. The molecule has 0 bridgehead atoms.